The molecular formula is C12H21BrO2. The van der Waals surface area contributed by atoms with Crippen LogP contribution in [0.25, 0.3) is 0 Å². The molecule has 88 valence electrons. The molecule has 2 rings (SSSR count). The summed E-state index contributed by atoms with van der Waals surface area (Å²) in [6.45, 7) is 6.25. The molecule has 0 radical (unpaired) electrons. The van der Waals surface area contributed by atoms with Crippen molar-refractivity contribution < 1.29 is 9.47 Å². The first-order valence-electron chi connectivity index (χ1n) is 6.04. The lowest BCUT2D eigenvalue weighted by molar-refractivity contribution is -0.0465. The molecule has 0 aromatic heterocycles. The van der Waals surface area contributed by atoms with E-state index >= 15 is 0 Å². The average Bonchev–Trinajstić information content (AvgIpc) is 2.59. The van der Waals surface area contributed by atoms with Crippen LogP contribution in [0.4, 0.5) is 0 Å². The highest BCUT2D eigenvalue weighted by Gasteiger charge is 2.32. The van der Waals surface area contributed by atoms with Gasteiger partial charge in [0.15, 0.2) is 0 Å². The van der Waals surface area contributed by atoms with Crippen molar-refractivity contribution in [1.29, 1.82) is 0 Å². The highest BCUT2D eigenvalue weighted by Crippen LogP contribution is 2.32. The van der Waals surface area contributed by atoms with Gasteiger partial charge in [-0.3, -0.25) is 0 Å². The third-order valence-electron chi connectivity index (χ3n) is 3.88. The molecule has 0 bridgehead atoms. The van der Waals surface area contributed by atoms with Gasteiger partial charge in [0.2, 0.25) is 0 Å². The molecule has 2 aliphatic rings. The first-order valence-corrected chi connectivity index (χ1v) is 6.95. The molecular weight excluding hydrogens is 256 g/mol. The number of alkyl halides is 1. The van der Waals surface area contributed by atoms with Gasteiger partial charge in [-0.25, -0.2) is 0 Å². The quantitative estimate of drug-likeness (QED) is 0.722. The van der Waals surface area contributed by atoms with Crippen molar-refractivity contribution in [2.24, 2.45) is 11.8 Å². The lowest BCUT2D eigenvalue weighted by Crippen LogP contribution is -2.33. The van der Waals surface area contributed by atoms with E-state index in [-0.39, 0.29) is 6.10 Å². The first-order chi connectivity index (χ1) is 7.16. The van der Waals surface area contributed by atoms with E-state index in [4.69, 9.17) is 9.47 Å². The van der Waals surface area contributed by atoms with Gasteiger partial charge in [0.1, 0.15) is 0 Å². The lowest BCUT2D eigenvalue weighted by Gasteiger charge is -2.33. The summed E-state index contributed by atoms with van der Waals surface area (Å²) in [4.78, 5) is 0.396. The molecule has 1 aliphatic carbocycles. The molecule has 2 nitrogen and oxygen atoms in total. The summed E-state index contributed by atoms with van der Waals surface area (Å²) in [5.74, 6) is 1.67. The highest BCUT2D eigenvalue weighted by molar-refractivity contribution is 9.09. The summed E-state index contributed by atoms with van der Waals surface area (Å²) in [6, 6.07) is 0. The van der Waals surface area contributed by atoms with Crippen molar-refractivity contribution in [3.8, 4) is 0 Å². The Labute approximate surface area is 101 Å². The van der Waals surface area contributed by atoms with Crippen LogP contribution < -0.4 is 0 Å². The molecule has 5 unspecified atom stereocenters. The minimum atomic E-state index is 0.274. The summed E-state index contributed by atoms with van der Waals surface area (Å²) >= 11 is 3.61. The maximum absolute atomic E-state index is 6.11. The van der Waals surface area contributed by atoms with Crippen LogP contribution in [0.5, 0.6) is 0 Å². The van der Waals surface area contributed by atoms with E-state index in [1.165, 1.54) is 19.3 Å². The molecule has 0 amide bonds. The Bertz CT molecular complexity index is 210. The fraction of sp³-hybridized carbons (Fsp3) is 1.00. The van der Waals surface area contributed by atoms with Gasteiger partial charge in [-0.05, 0) is 31.1 Å². The van der Waals surface area contributed by atoms with Crippen LogP contribution in [-0.2, 0) is 9.47 Å². The van der Waals surface area contributed by atoms with Gasteiger partial charge in [0.05, 0.1) is 30.2 Å². The first kappa shape index (κ1) is 11.9. The molecule has 0 aromatic carbocycles. The average molecular weight is 277 g/mol. The van der Waals surface area contributed by atoms with Gasteiger partial charge >= 0.3 is 0 Å². The zero-order chi connectivity index (χ0) is 10.8. The van der Waals surface area contributed by atoms with Crippen LogP contribution in [0.3, 0.4) is 0 Å². The van der Waals surface area contributed by atoms with E-state index < -0.39 is 0 Å². The van der Waals surface area contributed by atoms with Gasteiger partial charge in [0, 0.05) is 0 Å². The number of halogens is 1. The molecule has 1 aliphatic heterocycles. The van der Waals surface area contributed by atoms with Crippen LogP contribution in [-0.4, -0.2) is 30.2 Å². The molecule has 1 heterocycles. The molecule has 0 spiro atoms. The van der Waals surface area contributed by atoms with E-state index in [9.17, 15) is 0 Å². The summed E-state index contributed by atoms with van der Waals surface area (Å²) in [7, 11) is 0. The van der Waals surface area contributed by atoms with Crippen LogP contribution in [0, 0.1) is 11.8 Å². The topological polar surface area (TPSA) is 18.5 Å². The van der Waals surface area contributed by atoms with Crippen LogP contribution in [0.1, 0.15) is 33.1 Å². The molecule has 5 atom stereocenters. The smallest absolute Gasteiger partial charge is 0.0959 e. The molecule has 0 N–H and O–H groups in total. The van der Waals surface area contributed by atoms with Crippen molar-refractivity contribution in [3.63, 3.8) is 0 Å². The standard InChI is InChI=1S/C12H21BrO2/c1-8-3-4-10(5-9(8)2)15-12-7-14-6-11(12)13/h8-12H,3-7H2,1-2H3. The van der Waals surface area contributed by atoms with E-state index in [1.807, 2.05) is 0 Å². The molecule has 2 fully saturated rings. The zero-order valence-corrected chi connectivity index (χ0v) is 11.2. The number of ether oxygens (including phenoxy) is 2. The second kappa shape index (κ2) is 5.15. The molecule has 15 heavy (non-hydrogen) atoms. The molecule has 0 aromatic rings. The van der Waals surface area contributed by atoms with Crippen LogP contribution in [0.2, 0.25) is 0 Å². The summed E-state index contributed by atoms with van der Waals surface area (Å²) in [5, 5.41) is 0. The minimum absolute atomic E-state index is 0.274. The van der Waals surface area contributed by atoms with E-state index in [1.54, 1.807) is 0 Å². The Hall–Kier alpha value is 0.400. The van der Waals surface area contributed by atoms with Crippen molar-refractivity contribution in [1.82, 2.24) is 0 Å². The van der Waals surface area contributed by atoms with E-state index in [0.717, 1.165) is 25.0 Å². The Balaban J connectivity index is 1.80. The van der Waals surface area contributed by atoms with Crippen molar-refractivity contribution in [2.75, 3.05) is 13.2 Å². The van der Waals surface area contributed by atoms with Crippen LogP contribution in [0.15, 0.2) is 0 Å². The van der Waals surface area contributed by atoms with Crippen LogP contribution >= 0.6 is 15.9 Å². The summed E-state index contributed by atoms with van der Waals surface area (Å²) < 4.78 is 11.5. The monoisotopic (exact) mass is 276 g/mol. The van der Waals surface area contributed by atoms with Gasteiger partial charge < -0.3 is 9.47 Å². The number of rotatable bonds is 2. The maximum Gasteiger partial charge on any atom is 0.0959 e. The van der Waals surface area contributed by atoms with Crippen molar-refractivity contribution >= 4 is 15.9 Å². The Kier molecular flexibility index (Phi) is 4.08. The number of hydrogen-bond donors (Lipinski definition) is 0. The van der Waals surface area contributed by atoms with Gasteiger partial charge in [-0.1, -0.05) is 29.8 Å². The third kappa shape index (κ3) is 2.95. The second-order valence-electron chi connectivity index (χ2n) is 5.12. The number of hydrogen-bond acceptors (Lipinski definition) is 2. The zero-order valence-electron chi connectivity index (χ0n) is 9.62. The normalized spacial score (nSPS) is 47.0. The summed E-state index contributed by atoms with van der Waals surface area (Å²) in [6.07, 6.45) is 4.49. The van der Waals surface area contributed by atoms with Crippen molar-refractivity contribution in [3.05, 3.63) is 0 Å². The van der Waals surface area contributed by atoms with Crippen molar-refractivity contribution in [2.45, 2.75) is 50.1 Å². The summed E-state index contributed by atoms with van der Waals surface area (Å²) in [5.41, 5.74) is 0. The van der Waals surface area contributed by atoms with E-state index in [2.05, 4.69) is 29.8 Å². The van der Waals surface area contributed by atoms with E-state index in [0.29, 0.717) is 10.9 Å². The predicted octanol–water partition coefficient (Wildman–Crippen LogP) is 2.99. The van der Waals surface area contributed by atoms with Gasteiger partial charge in [0.25, 0.3) is 0 Å². The maximum atomic E-state index is 6.11. The third-order valence-corrected chi connectivity index (χ3v) is 4.73. The second-order valence-corrected chi connectivity index (χ2v) is 6.29. The highest BCUT2D eigenvalue weighted by atomic mass is 79.9. The van der Waals surface area contributed by atoms with Gasteiger partial charge in [-0.2, -0.15) is 0 Å². The predicted molar refractivity (Wildman–Crippen MR) is 64.4 cm³/mol. The fourth-order valence-electron chi connectivity index (χ4n) is 2.50. The largest absolute Gasteiger partial charge is 0.377 e. The Morgan fingerprint density at radius 3 is 2.53 bits per heavy atom. The Morgan fingerprint density at radius 2 is 1.93 bits per heavy atom. The molecule has 1 saturated heterocycles. The minimum Gasteiger partial charge on any atom is -0.377 e. The SMILES string of the molecule is CC1CCC(OC2COCC2Br)CC1C. The Morgan fingerprint density at radius 1 is 1.13 bits per heavy atom. The lowest BCUT2D eigenvalue weighted by atomic mass is 9.80. The van der Waals surface area contributed by atoms with Gasteiger partial charge in [-0.15, -0.1) is 0 Å². The molecule has 1 saturated carbocycles. The fourth-order valence-corrected chi connectivity index (χ4v) is 2.97. The molecule has 3 heteroatoms.